The molecule has 0 unspecified atom stereocenters. The Labute approximate surface area is 200 Å². The molecule has 168 valence electrons. The van der Waals surface area contributed by atoms with Crippen LogP contribution in [-0.2, 0) is 26.2 Å². The Morgan fingerprint density at radius 1 is 1.13 bits per heavy atom. The minimum atomic E-state index is -3.85. The van der Waals surface area contributed by atoms with Crippen molar-refractivity contribution in [1.82, 2.24) is 10.2 Å². The quantitative estimate of drug-likeness (QED) is 0.543. The van der Waals surface area contributed by atoms with Gasteiger partial charge in [-0.15, -0.1) is 0 Å². The Kier molecular flexibility index (Phi) is 8.76. The van der Waals surface area contributed by atoms with Crippen LogP contribution >= 0.6 is 39.1 Å². The molecule has 0 bridgehead atoms. The van der Waals surface area contributed by atoms with Gasteiger partial charge in [0.2, 0.25) is 21.8 Å². The van der Waals surface area contributed by atoms with Gasteiger partial charge in [0.15, 0.2) is 0 Å². The number of nitrogens with zero attached hydrogens (tertiary/aromatic N) is 2. The SMILES string of the molecule is CNC(=O)[C@H](C)N(Cc1cccc(Br)c1)C(=O)CN(c1cc(Cl)cc(Cl)c1)S(C)(=O)=O. The molecule has 0 fully saturated rings. The second-order valence-electron chi connectivity index (χ2n) is 6.84. The van der Waals surface area contributed by atoms with Gasteiger partial charge in [0.25, 0.3) is 0 Å². The molecule has 0 aliphatic rings. The lowest BCUT2D eigenvalue weighted by atomic mass is 10.1. The fraction of sp³-hybridized carbons (Fsp3) is 0.300. The summed E-state index contributed by atoms with van der Waals surface area (Å²) in [5, 5.41) is 2.98. The Balaban J connectivity index is 2.42. The van der Waals surface area contributed by atoms with Gasteiger partial charge < -0.3 is 10.2 Å². The number of anilines is 1. The highest BCUT2D eigenvalue weighted by molar-refractivity contribution is 9.10. The van der Waals surface area contributed by atoms with E-state index in [-0.39, 0.29) is 28.2 Å². The van der Waals surface area contributed by atoms with Crippen LogP contribution in [0.2, 0.25) is 10.0 Å². The fourth-order valence-electron chi connectivity index (χ4n) is 2.92. The summed E-state index contributed by atoms with van der Waals surface area (Å²) in [5.74, 6) is -0.933. The minimum Gasteiger partial charge on any atom is -0.357 e. The summed E-state index contributed by atoms with van der Waals surface area (Å²) in [7, 11) is -2.38. The molecule has 11 heteroatoms. The van der Waals surface area contributed by atoms with E-state index in [9.17, 15) is 18.0 Å². The van der Waals surface area contributed by atoms with Crippen molar-refractivity contribution in [2.45, 2.75) is 19.5 Å². The number of hydrogen-bond donors (Lipinski definition) is 1. The molecule has 7 nitrogen and oxygen atoms in total. The summed E-state index contributed by atoms with van der Waals surface area (Å²) in [6.45, 7) is 1.17. The molecule has 0 aromatic heterocycles. The summed E-state index contributed by atoms with van der Waals surface area (Å²) in [4.78, 5) is 26.9. The Morgan fingerprint density at radius 3 is 2.26 bits per heavy atom. The van der Waals surface area contributed by atoms with Gasteiger partial charge in [0.05, 0.1) is 11.9 Å². The van der Waals surface area contributed by atoms with Crippen molar-refractivity contribution in [3.8, 4) is 0 Å². The summed E-state index contributed by atoms with van der Waals surface area (Å²) >= 11 is 15.4. The van der Waals surface area contributed by atoms with Crippen LogP contribution in [0.25, 0.3) is 0 Å². The van der Waals surface area contributed by atoms with Gasteiger partial charge >= 0.3 is 0 Å². The molecule has 0 spiro atoms. The first-order valence-electron chi connectivity index (χ1n) is 9.11. The molecule has 0 saturated heterocycles. The molecule has 0 saturated carbocycles. The van der Waals surface area contributed by atoms with Gasteiger partial charge in [-0.2, -0.15) is 0 Å². The second kappa shape index (κ2) is 10.7. The smallest absolute Gasteiger partial charge is 0.244 e. The van der Waals surface area contributed by atoms with E-state index in [0.717, 1.165) is 20.6 Å². The van der Waals surface area contributed by atoms with Crippen LogP contribution in [0.1, 0.15) is 12.5 Å². The van der Waals surface area contributed by atoms with E-state index >= 15 is 0 Å². The van der Waals surface area contributed by atoms with Crippen LogP contribution in [0, 0.1) is 0 Å². The Morgan fingerprint density at radius 2 is 1.74 bits per heavy atom. The van der Waals surface area contributed by atoms with Gasteiger partial charge in [-0.25, -0.2) is 8.42 Å². The van der Waals surface area contributed by atoms with E-state index in [4.69, 9.17) is 23.2 Å². The first-order valence-corrected chi connectivity index (χ1v) is 12.5. The van der Waals surface area contributed by atoms with Gasteiger partial charge in [0, 0.05) is 28.1 Å². The normalized spacial score (nSPS) is 12.2. The number of carbonyl (C=O) groups is 2. The number of benzene rings is 2. The van der Waals surface area contributed by atoms with Crippen molar-refractivity contribution < 1.29 is 18.0 Å². The number of nitrogens with one attached hydrogen (secondary N) is 1. The number of carbonyl (C=O) groups excluding carboxylic acids is 2. The molecule has 1 N–H and O–H groups in total. The molecular weight excluding hydrogens is 529 g/mol. The summed E-state index contributed by atoms with van der Waals surface area (Å²) in [5.41, 5.74) is 0.929. The predicted molar refractivity (Wildman–Crippen MR) is 127 cm³/mol. The third kappa shape index (κ3) is 7.10. The first kappa shape index (κ1) is 25.5. The van der Waals surface area contributed by atoms with Crippen molar-refractivity contribution in [3.63, 3.8) is 0 Å². The van der Waals surface area contributed by atoms with E-state index in [0.29, 0.717) is 0 Å². The van der Waals surface area contributed by atoms with Crippen molar-refractivity contribution in [3.05, 3.63) is 62.5 Å². The molecule has 2 amide bonds. The average Bonchev–Trinajstić information content (AvgIpc) is 2.67. The van der Waals surface area contributed by atoms with Gasteiger partial charge in [-0.3, -0.25) is 13.9 Å². The molecule has 0 aliphatic carbocycles. The molecule has 1 atom stereocenters. The lowest BCUT2D eigenvalue weighted by molar-refractivity contribution is -0.139. The maximum atomic E-state index is 13.3. The highest BCUT2D eigenvalue weighted by Crippen LogP contribution is 2.27. The van der Waals surface area contributed by atoms with Crippen molar-refractivity contribution >= 4 is 66.7 Å². The third-order valence-corrected chi connectivity index (χ3v) is 6.54. The van der Waals surface area contributed by atoms with Crippen LogP contribution in [0.15, 0.2) is 46.9 Å². The highest BCUT2D eigenvalue weighted by Gasteiger charge is 2.30. The monoisotopic (exact) mass is 549 g/mol. The zero-order valence-electron chi connectivity index (χ0n) is 17.1. The molecule has 2 rings (SSSR count). The summed E-state index contributed by atoms with van der Waals surface area (Å²) < 4.78 is 26.6. The maximum absolute atomic E-state index is 13.3. The van der Waals surface area contributed by atoms with Crippen LogP contribution in [0.3, 0.4) is 0 Å². The van der Waals surface area contributed by atoms with Crippen LogP contribution in [-0.4, -0.2) is 51.0 Å². The number of amides is 2. The molecule has 2 aromatic carbocycles. The fourth-order valence-corrected chi connectivity index (χ4v) is 4.71. The van der Waals surface area contributed by atoms with E-state index in [1.165, 1.54) is 30.1 Å². The minimum absolute atomic E-state index is 0.112. The van der Waals surface area contributed by atoms with Crippen LogP contribution < -0.4 is 9.62 Å². The number of rotatable bonds is 8. The number of sulfonamides is 1. The topological polar surface area (TPSA) is 86.8 Å². The van der Waals surface area contributed by atoms with Gasteiger partial charge in [-0.1, -0.05) is 51.3 Å². The van der Waals surface area contributed by atoms with Crippen molar-refractivity contribution in [2.24, 2.45) is 0 Å². The van der Waals surface area contributed by atoms with E-state index in [1.807, 2.05) is 24.3 Å². The number of halogens is 3. The number of hydrogen-bond acceptors (Lipinski definition) is 4. The molecule has 2 aromatic rings. The lowest BCUT2D eigenvalue weighted by Gasteiger charge is -2.31. The second-order valence-corrected chi connectivity index (χ2v) is 10.5. The lowest BCUT2D eigenvalue weighted by Crippen LogP contribution is -2.50. The van der Waals surface area contributed by atoms with Gasteiger partial charge in [0.1, 0.15) is 12.6 Å². The largest absolute Gasteiger partial charge is 0.357 e. The Hall–Kier alpha value is -1.81. The summed E-state index contributed by atoms with van der Waals surface area (Å²) in [6.07, 6.45) is 0.982. The third-order valence-electron chi connectivity index (χ3n) is 4.47. The van der Waals surface area contributed by atoms with Gasteiger partial charge in [-0.05, 0) is 42.8 Å². The molecule has 0 aliphatic heterocycles. The molecule has 0 radical (unpaired) electrons. The van der Waals surface area contributed by atoms with Crippen molar-refractivity contribution in [2.75, 3.05) is 24.2 Å². The molecule has 0 heterocycles. The highest BCUT2D eigenvalue weighted by atomic mass is 79.9. The number of likely N-dealkylation sites (N-methyl/N-ethyl adjacent to an activating group) is 1. The van der Waals surface area contributed by atoms with Crippen LogP contribution in [0.4, 0.5) is 5.69 Å². The zero-order chi connectivity index (χ0) is 23.3. The van der Waals surface area contributed by atoms with E-state index in [1.54, 1.807) is 6.92 Å². The average molecular weight is 551 g/mol. The molecular formula is C20H22BrCl2N3O4S. The predicted octanol–water partition coefficient (Wildman–Crippen LogP) is 3.69. The Bertz CT molecular complexity index is 1060. The van der Waals surface area contributed by atoms with E-state index in [2.05, 4.69) is 21.2 Å². The van der Waals surface area contributed by atoms with Crippen LogP contribution in [0.5, 0.6) is 0 Å². The maximum Gasteiger partial charge on any atom is 0.244 e. The standard InChI is InChI=1S/C20H22BrCl2N3O4S/c1-13(20(28)24-2)25(11-14-5-4-6-15(21)7-14)19(27)12-26(31(3,29)30)18-9-16(22)8-17(23)10-18/h4-10,13H,11-12H2,1-3H3,(H,24,28)/t13-/m0/s1. The summed E-state index contributed by atoms with van der Waals surface area (Å²) in [6, 6.07) is 10.7. The molecule has 31 heavy (non-hydrogen) atoms. The van der Waals surface area contributed by atoms with E-state index < -0.39 is 28.5 Å². The van der Waals surface area contributed by atoms with Crippen molar-refractivity contribution in [1.29, 1.82) is 0 Å². The first-order chi connectivity index (χ1) is 14.4. The zero-order valence-corrected chi connectivity index (χ0v) is 21.0.